The van der Waals surface area contributed by atoms with E-state index in [-0.39, 0.29) is 12.5 Å². The highest BCUT2D eigenvalue weighted by Gasteiger charge is 2.03. The zero-order valence-corrected chi connectivity index (χ0v) is 12.5. The Labute approximate surface area is 130 Å². The number of hydrogen-bond donors (Lipinski definition) is 1. The lowest BCUT2D eigenvalue weighted by Crippen LogP contribution is -2.28. The molecule has 0 saturated heterocycles. The molecule has 0 saturated carbocycles. The summed E-state index contributed by atoms with van der Waals surface area (Å²) in [7, 11) is 0. The summed E-state index contributed by atoms with van der Waals surface area (Å²) in [5.74, 6) is 0.487. The summed E-state index contributed by atoms with van der Waals surface area (Å²) in [5.41, 5.74) is 2.70. The molecule has 112 valence electrons. The highest BCUT2D eigenvalue weighted by molar-refractivity contribution is 5.77. The second-order valence-corrected chi connectivity index (χ2v) is 4.88. The molecule has 1 amide bonds. The minimum atomic E-state index is -0.193. The molecule has 4 heteroatoms. The van der Waals surface area contributed by atoms with Crippen LogP contribution in [0.15, 0.2) is 48.5 Å². The van der Waals surface area contributed by atoms with E-state index in [2.05, 4.69) is 18.3 Å². The third-order valence-corrected chi connectivity index (χ3v) is 3.25. The Morgan fingerprint density at radius 1 is 1.18 bits per heavy atom. The summed E-state index contributed by atoms with van der Waals surface area (Å²) in [6.07, 6.45) is 0.975. The lowest BCUT2D eigenvalue weighted by molar-refractivity contribution is -0.123. The van der Waals surface area contributed by atoms with Gasteiger partial charge in [-0.3, -0.25) is 4.79 Å². The first-order valence-corrected chi connectivity index (χ1v) is 7.18. The molecule has 0 unspecified atom stereocenters. The van der Waals surface area contributed by atoms with E-state index in [4.69, 9.17) is 10.00 Å². The van der Waals surface area contributed by atoms with E-state index in [1.165, 1.54) is 5.56 Å². The smallest absolute Gasteiger partial charge is 0.258 e. The molecule has 1 N–H and O–H groups in total. The topological polar surface area (TPSA) is 62.1 Å². The first-order chi connectivity index (χ1) is 10.7. The number of carbonyl (C=O) groups is 1. The molecular formula is C18H18N2O2. The molecule has 2 aromatic carbocycles. The minimum absolute atomic E-state index is 0.0244. The maximum absolute atomic E-state index is 11.8. The first-order valence-electron chi connectivity index (χ1n) is 7.18. The molecule has 2 aromatic rings. The molecule has 0 aliphatic heterocycles. The van der Waals surface area contributed by atoms with Crippen molar-refractivity contribution in [1.29, 1.82) is 5.26 Å². The predicted octanol–water partition coefficient (Wildman–Crippen LogP) is 2.82. The molecule has 0 radical (unpaired) electrons. The van der Waals surface area contributed by atoms with Crippen LogP contribution >= 0.6 is 0 Å². The number of rotatable bonds is 6. The zero-order valence-electron chi connectivity index (χ0n) is 12.5. The van der Waals surface area contributed by atoms with Gasteiger partial charge in [0.05, 0.1) is 11.6 Å². The molecule has 0 aromatic heterocycles. The van der Waals surface area contributed by atoms with Crippen LogP contribution in [0.4, 0.5) is 0 Å². The Balaban J connectivity index is 1.79. The number of nitrogens with zero attached hydrogens (tertiary/aromatic N) is 1. The fraction of sp³-hybridized carbons (Fsp3) is 0.222. The zero-order chi connectivity index (χ0) is 15.8. The number of hydrogen-bond acceptors (Lipinski definition) is 3. The van der Waals surface area contributed by atoms with Crippen LogP contribution in [0.3, 0.4) is 0 Å². The van der Waals surface area contributed by atoms with E-state index < -0.39 is 0 Å². The van der Waals surface area contributed by atoms with Gasteiger partial charge >= 0.3 is 0 Å². The highest BCUT2D eigenvalue weighted by Crippen LogP contribution is 2.12. The monoisotopic (exact) mass is 294 g/mol. The number of nitriles is 1. The van der Waals surface area contributed by atoms with Crippen LogP contribution in [0.1, 0.15) is 23.6 Å². The summed E-state index contributed by atoms with van der Waals surface area (Å²) >= 11 is 0. The van der Waals surface area contributed by atoms with Crippen LogP contribution in [0.5, 0.6) is 5.75 Å². The Morgan fingerprint density at radius 3 is 2.64 bits per heavy atom. The number of carbonyl (C=O) groups excluding carboxylic acids is 1. The third-order valence-electron chi connectivity index (χ3n) is 3.25. The van der Waals surface area contributed by atoms with E-state index in [1.54, 1.807) is 18.2 Å². The quantitative estimate of drug-likeness (QED) is 0.891. The summed E-state index contributed by atoms with van der Waals surface area (Å²) in [6, 6.07) is 16.9. The van der Waals surface area contributed by atoms with Crippen molar-refractivity contribution in [2.75, 3.05) is 6.61 Å². The molecule has 0 aliphatic rings. The molecular weight excluding hydrogens is 276 g/mol. The van der Waals surface area contributed by atoms with E-state index in [1.807, 2.05) is 30.3 Å². The van der Waals surface area contributed by atoms with Gasteiger partial charge in [0.1, 0.15) is 5.75 Å². The Morgan fingerprint density at radius 2 is 1.95 bits per heavy atom. The van der Waals surface area contributed by atoms with Crippen molar-refractivity contribution in [3.8, 4) is 11.8 Å². The standard InChI is InChI=1S/C18H18N2O2/c1-2-14-6-8-17(9-7-14)22-13-18(21)20-12-16-5-3-4-15(10-16)11-19/h3-10H,2,12-13H2,1H3,(H,20,21). The molecule has 0 aliphatic carbocycles. The van der Waals surface area contributed by atoms with Gasteiger partial charge in [0.15, 0.2) is 6.61 Å². The minimum Gasteiger partial charge on any atom is -0.484 e. The Bertz CT molecular complexity index is 672. The van der Waals surface area contributed by atoms with Gasteiger partial charge in [0.2, 0.25) is 0 Å². The normalized spacial score (nSPS) is 9.82. The number of nitrogens with one attached hydrogen (secondary N) is 1. The number of aryl methyl sites for hydroxylation is 1. The fourth-order valence-electron chi connectivity index (χ4n) is 1.97. The highest BCUT2D eigenvalue weighted by atomic mass is 16.5. The van der Waals surface area contributed by atoms with Crippen LogP contribution in [-0.4, -0.2) is 12.5 Å². The van der Waals surface area contributed by atoms with Crippen molar-refractivity contribution >= 4 is 5.91 Å². The van der Waals surface area contributed by atoms with Crippen LogP contribution in [-0.2, 0) is 17.8 Å². The average molecular weight is 294 g/mol. The lowest BCUT2D eigenvalue weighted by atomic mass is 10.1. The van der Waals surface area contributed by atoms with E-state index in [0.717, 1.165) is 12.0 Å². The van der Waals surface area contributed by atoms with Gasteiger partial charge in [-0.2, -0.15) is 5.26 Å². The predicted molar refractivity (Wildman–Crippen MR) is 84.3 cm³/mol. The largest absolute Gasteiger partial charge is 0.484 e. The van der Waals surface area contributed by atoms with Crippen molar-refractivity contribution in [2.24, 2.45) is 0 Å². The van der Waals surface area contributed by atoms with Gasteiger partial charge in [0.25, 0.3) is 5.91 Å². The molecule has 0 heterocycles. The van der Waals surface area contributed by atoms with E-state index >= 15 is 0 Å². The van der Waals surface area contributed by atoms with Gasteiger partial charge in [-0.05, 0) is 41.8 Å². The van der Waals surface area contributed by atoms with Crippen molar-refractivity contribution in [3.05, 3.63) is 65.2 Å². The maximum atomic E-state index is 11.8. The molecule has 0 spiro atoms. The summed E-state index contributed by atoms with van der Waals surface area (Å²) < 4.78 is 5.44. The second kappa shape index (κ2) is 7.84. The Kier molecular flexibility index (Phi) is 5.56. The van der Waals surface area contributed by atoms with Crippen LogP contribution in [0.2, 0.25) is 0 Å². The van der Waals surface area contributed by atoms with Crippen LogP contribution in [0, 0.1) is 11.3 Å². The summed E-state index contributed by atoms with van der Waals surface area (Å²) in [5, 5.41) is 11.6. The van der Waals surface area contributed by atoms with Gasteiger partial charge in [-0.25, -0.2) is 0 Å². The van der Waals surface area contributed by atoms with Gasteiger partial charge in [-0.15, -0.1) is 0 Å². The molecule has 0 bridgehead atoms. The fourth-order valence-corrected chi connectivity index (χ4v) is 1.97. The van der Waals surface area contributed by atoms with Crippen LogP contribution in [0.25, 0.3) is 0 Å². The summed E-state index contributed by atoms with van der Waals surface area (Å²) in [6.45, 7) is 2.44. The van der Waals surface area contributed by atoms with E-state index in [0.29, 0.717) is 17.9 Å². The van der Waals surface area contributed by atoms with Crippen molar-refractivity contribution < 1.29 is 9.53 Å². The second-order valence-electron chi connectivity index (χ2n) is 4.88. The number of ether oxygens (including phenoxy) is 1. The molecule has 2 rings (SSSR count). The maximum Gasteiger partial charge on any atom is 0.258 e. The third kappa shape index (κ3) is 4.64. The SMILES string of the molecule is CCc1ccc(OCC(=O)NCc2cccc(C#N)c2)cc1. The van der Waals surface area contributed by atoms with E-state index in [9.17, 15) is 4.79 Å². The molecule has 0 fully saturated rings. The Hall–Kier alpha value is -2.80. The molecule has 4 nitrogen and oxygen atoms in total. The first kappa shape index (κ1) is 15.6. The number of amides is 1. The van der Waals surface area contributed by atoms with Crippen LogP contribution < -0.4 is 10.1 Å². The van der Waals surface area contributed by atoms with Crippen molar-refractivity contribution in [3.63, 3.8) is 0 Å². The average Bonchev–Trinajstić information content (AvgIpc) is 2.58. The number of benzene rings is 2. The summed E-state index contributed by atoms with van der Waals surface area (Å²) in [4.78, 5) is 11.8. The van der Waals surface area contributed by atoms with Gasteiger partial charge < -0.3 is 10.1 Å². The lowest BCUT2D eigenvalue weighted by Gasteiger charge is -2.08. The van der Waals surface area contributed by atoms with Gasteiger partial charge in [-0.1, -0.05) is 31.2 Å². The molecule has 22 heavy (non-hydrogen) atoms. The van der Waals surface area contributed by atoms with Crippen molar-refractivity contribution in [2.45, 2.75) is 19.9 Å². The molecule has 0 atom stereocenters. The van der Waals surface area contributed by atoms with Gasteiger partial charge in [0, 0.05) is 6.54 Å². The van der Waals surface area contributed by atoms with Crippen molar-refractivity contribution in [1.82, 2.24) is 5.32 Å².